The van der Waals surface area contributed by atoms with Crippen LogP contribution >= 0.6 is 15.9 Å². The third-order valence-corrected chi connectivity index (χ3v) is 3.16. The molecule has 0 spiro atoms. The first-order valence-electron chi connectivity index (χ1n) is 5.26. The van der Waals surface area contributed by atoms with Gasteiger partial charge in [-0.15, -0.1) is 0 Å². The van der Waals surface area contributed by atoms with Crippen molar-refractivity contribution in [2.75, 3.05) is 6.61 Å². The summed E-state index contributed by atoms with van der Waals surface area (Å²) in [7, 11) is 0. The van der Waals surface area contributed by atoms with Gasteiger partial charge in [-0.3, -0.25) is 9.78 Å². The van der Waals surface area contributed by atoms with Gasteiger partial charge >= 0.3 is 0 Å². The van der Waals surface area contributed by atoms with Crippen LogP contribution in [0.5, 0.6) is 5.75 Å². The summed E-state index contributed by atoms with van der Waals surface area (Å²) in [5.41, 5.74) is 1.88. The van der Waals surface area contributed by atoms with Gasteiger partial charge in [0.25, 0.3) is 0 Å². The predicted molar refractivity (Wildman–Crippen MR) is 70.4 cm³/mol. The first-order chi connectivity index (χ1) is 8.08. The van der Waals surface area contributed by atoms with Crippen LogP contribution in [0.1, 0.15) is 12.6 Å². The monoisotopic (exact) mass is 293 g/mol. The minimum Gasteiger partial charge on any atom is -0.485 e. The van der Waals surface area contributed by atoms with Crippen molar-refractivity contribution in [2.45, 2.75) is 13.8 Å². The number of benzene rings is 1. The van der Waals surface area contributed by atoms with Gasteiger partial charge in [0.05, 0.1) is 9.99 Å². The molecule has 0 aliphatic carbocycles. The molecule has 0 unspecified atom stereocenters. The van der Waals surface area contributed by atoms with Crippen LogP contribution in [0.3, 0.4) is 0 Å². The average Bonchev–Trinajstić information content (AvgIpc) is 2.27. The van der Waals surface area contributed by atoms with Crippen LogP contribution in [0.15, 0.2) is 28.7 Å². The van der Waals surface area contributed by atoms with Crippen LogP contribution in [0.2, 0.25) is 0 Å². The highest BCUT2D eigenvalue weighted by atomic mass is 79.9. The highest BCUT2D eigenvalue weighted by molar-refractivity contribution is 9.10. The lowest BCUT2D eigenvalue weighted by atomic mass is 10.2. The number of hydrogen-bond donors (Lipinski definition) is 0. The number of ether oxygens (including phenoxy) is 1. The second kappa shape index (κ2) is 4.84. The van der Waals surface area contributed by atoms with Crippen molar-refractivity contribution >= 4 is 32.6 Å². The van der Waals surface area contributed by atoms with Crippen LogP contribution < -0.4 is 4.74 Å². The molecule has 0 aliphatic rings. The molecule has 1 aromatic heterocycles. The van der Waals surface area contributed by atoms with Gasteiger partial charge < -0.3 is 4.74 Å². The van der Waals surface area contributed by atoms with Gasteiger partial charge in [0.1, 0.15) is 12.4 Å². The lowest BCUT2D eigenvalue weighted by Crippen LogP contribution is -2.06. The van der Waals surface area contributed by atoms with Gasteiger partial charge in [0, 0.05) is 11.1 Å². The van der Waals surface area contributed by atoms with Crippen LogP contribution in [0.4, 0.5) is 0 Å². The highest BCUT2D eigenvalue weighted by Crippen LogP contribution is 2.32. The Labute approximate surface area is 108 Å². The average molecular weight is 294 g/mol. The molecule has 17 heavy (non-hydrogen) atoms. The predicted octanol–water partition coefficient (Wildman–Crippen LogP) is 3.27. The molecule has 2 rings (SSSR count). The fourth-order valence-corrected chi connectivity index (χ4v) is 2.12. The summed E-state index contributed by atoms with van der Waals surface area (Å²) in [6, 6.07) is 7.65. The van der Waals surface area contributed by atoms with E-state index in [0.29, 0.717) is 5.75 Å². The molecular formula is C13H12BrNO2. The number of carbonyl (C=O) groups is 1. The Kier molecular flexibility index (Phi) is 3.43. The van der Waals surface area contributed by atoms with Crippen molar-refractivity contribution in [3.63, 3.8) is 0 Å². The Morgan fingerprint density at radius 1 is 1.35 bits per heavy atom. The Morgan fingerprint density at radius 2 is 2.12 bits per heavy atom. The molecule has 0 bridgehead atoms. The molecule has 0 atom stereocenters. The van der Waals surface area contributed by atoms with Gasteiger partial charge in [0.2, 0.25) is 0 Å². The Bertz CT molecular complexity index is 581. The smallest absolute Gasteiger partial charge is 0.167 e. The van der Waals surface area contributed by atoms with E-state index >= 15 is 0 Å². The SMILES string of the molecule is CC(=O)COc1ccc2nc(C)ccc2c1Br. The minimum atomic E-state index is -0.000900. The van der Waals surface area contributed by atoms with Crippen molar-refractivity contribution in [2.24, 2.45) is 0 Å². The fourth-order valence-electron chi connectivity index (χ4n) is 1.54. The number of nitrogens with zero attached hydrogens (tertiary/aromatic N) is 1. The molecule has 88 valence electrons. The van der Waals surface area contributed by atoms with Crippen molar-refractivity contribution < 1.29 is 9.53 Å². The largest absolute Gasteiger partial charge is 0.485 e. The molecule has 1 aromatic carbocycles. The van der Waals surface area contributed by atoms with Gasteiger partial charge in [-0.05, 0) is 54.0 Å². The topological polar surface area (TPSA) is 39.2 Å². The van der Waals surface area contributed by atoms with Crippen LogP contribution in [0, 0.1) is 6.92 Å². The number of aryl methyl sites for hydroxylation is 1. The van der Waals surface area contributed by atoms with Gasteiger partial charge in [-0.2, -0.15) is 0 Å². The van der Waals surface area contributed by atoms with E-state index in [1.54, 1.807) is 0 Å². The van der Waals surface area contributed by atoms with Crippen molar-refractivity contribution in [3.8, 4) is 5.75 Å². The summed E-state index contributed by atoms with van der Waals surface area (Å²) < 4.78 is 6.25. The molecule has 3 nitrogen and oxygen atoms in total. The van der Waals surface area contributed by atoms with Crippen LogP contribution in [-0.2, 0) is 4.79 Å². The Balaban J connectivity index is 2.43. The molecule has 4 heteroatoms. The molecule has 0 saturated carbocycles. The summed E-state index contributed by atoms with van der Waals surface area (Å²) in [5.74, 6) is 0.664. The van der Waals surface area contributed by atoms with Gasteiger partial charge in [-0.1, -0.05) is 0 Å². The summed E-state index contributed by atoms with van der Waals surface area (Å²) in [5, 5.41) is 0.983. The third-order valence-electron chi connectivity index (χ3n) is 2.34. The van der Waals surface area contributed by atoms with Crippen molar-refractivity contribution in [3.05, 3.63) is 34.4 Å². The number of ketones is 1. The first kappa shape index (κ1) is 12.0. The van der Waals surface area contributed by atoms with Crippen molar-refractivity contribution in [1.29, 1.82) is 0 Å². The molecule has 1 heterocycles. The number of hydrogen-bond acceptors (Lipinski definition) is 3. The molecule has 0 saturated heterocycles. The zero-order valence-corrected chi connectivity index (χ0v) is 11.2. The normalized spacial score (nSPS) is 10.5. The number of carbonyl (C=O) groups excluding carboxylic acids is 1. The summed E-state index contributed by atoms with van der Waals surface area (Å²) >= 11 is 3.48. The van der Waals surface area contributed by atoms with E-state index in [9.17, 15) is 4.79 Å². The molecule has 2 aromatic rings. The lowest BCUT2D eigenvalue weighted by molar-refractivity contribution is -0.118. The first-order valence-corrected chi connectivity index (χ1v) is 6.05. The number of rotatable bonds is 3. The number of halogens is 1. The third kappa shape index (κ3) is 2.64. The van der Waals surface area contributed by atoms with E-state index in [2.05, 4.69) is 20.9 Å². The quantitative estimate of drug-likeness (QED) is 0.872. The fraction of sp³-hybridized carbons (Fsp3) is 0.231. The van der Waals surface area contributed by atoms with E-state index in [0.717, 1.165) is 21.1 Å². The molecule has 0 N–H and O–H groups in total. The molecule has 0 radical (unpaired) electrons. The number of Topliss-reactive ketones (excluding diaryl/α,β-unsaturated/α-hetero) is 1. The summed E-state index contributed by atoms with van der Waals surface area (Å²) in [4.78, 5) is 15.3. The second-order valence-corrected chi connectivity index (χ2v) is 4.68. The van der Waals surface area contributed by atoms with Crippen molar-refractivity contribution in [1.82, 2.24) is 4.98 Å². The standard InChI is InChI=1S/C13H12BrNO2/c1-8-3-4-10-11(15-8)5-6-12(13(10)14)17-7-9(2)16/h3-6H,7H2,1-2H3. The van der Waals surface area contributed by atoms with Crippen LogP contribution in [-0.4, -0.2) is 17.4 Å². The zero-order chi connectivity index (χ0) is 12.4. The minimum absolute atomic E-state index is 0.000900. The second-order valence-electron chi connectivity index (χ2n) is 3.89. The zero-order valence-electron chi connectivity index (χ0n) is 9.66. The van der Waals surface area contributed by atoms with Gasteiger partial charge in [-0.25, -0.2) is 0 Å². The van der Waals surface area contributed by atoms with E-state index < -0.39 is 0 Å². The Hall–Kier alpha value is -1.42. The molecular weight excluding hydrogens is 282 g/mol. The van der Waals surface area contributed by atoms with E-state index in [1.165, 1.54) is 6.92 Å². The highest BCUT2D eigenvalue weighted by Gasteiger charge is 2.07. The maximum absolute atomic E-state index is 10.9. The van der Waals surface area contributed by atoms with Gasteiger partial charge in [0.15, 0.2) is 5.78 Å². The number of fused-ring (bicyclic) bond motifs is 1. The Morgan fingerprint density at radius 3 is 2.82 bits per heavy atom. The van der Waals surface area contributed by atoms with E-state index in [-0.39, 0.29) is 12.4 Å². The molecule has 0 aliphatic heterocycles. The summed E-state index contributed by atoms with van der Waals surface area (Å²) in [6.07, 6.45) is 0. The molecule has 0 amide bonds. The number of aromatic nitrogens is 1. The maximum Gasteiger partial charge on any atom is 0.167 e. The lowest BCUT2D eigenvalue weighted by Gasteiger charge is -2.09. The maximum atomic E-state index is 10.9. The molecule has 0 fully saturated rings. The van der Waals surface area contributed by atoms with Crippen LogP contribution in [0.25, 0.3) is 10.9 Å². The number of pyridine rings is 1. The van der Waals surface area contributed by atoms with E-state index in [1.807, 2.05) is 31.2 Å². The summed E-state index contributed by atoms with van der Waals surface area (Å²) in [6.45, 7) is 3.54. The van der Waals surface area contributed by atoms with E-state index in [4.69, 9.17) is 4.74 Å².